The Morgan fingerprint density at radius 3 is 2.32 bits per heavy atom. The molecule has 19 heavy (non-hydrogen) atoms. The van der Waals surface area contributed by atoms with Crippen molar-refractivity contribution < 1.29 is 0 Å². The van der Waals surface area contributed by atoms with Gasteiger partial charge in [-0.15, -0.1) is 0 Å². The van der Waals surface area contributed by atoms with Gasteiger partial charge >= 0.3 is 0 Å². The van der Waals surface area contributed by atoms with Crippen molar-refractivity contribution in [1.82, 2.24) is 4.90 Å². The Balaban J connectivity index is 1.87. The number of rotatable bonds is 5. The molecule has 1 unspecified atom stereocenters. The van der Waals surface area contributed by atoms with Gasteiger partial charge in [0.05, 0.1) is 0 Å². The molecular formula is C17H28N2. The quantitative estimate of drug-likeness (QED) is 0.881. The lowest BCUT2D eigenvalue weighted by atomic mass is 9.86. The summed E-state index contributed by atoms with van der Waals surface area (Å²) in [6.45, 7) is 9.05. The molecule has 0 spiro atoms. The van der Waals surface area contributed by atoms with Gasteiger partial charge in [-0.2, -0.15) is 0 Å². The van der Waals surface area contributed by atoms with Crippen LogP contribution >= 0.6 is 0 Å². The van der Waals surface area contributed by atoms with E-state index in [9.17, 15) is 0 Å². The maximum absolute atomic E-state index is 5.97. The molecule has 1 aliphatic heterocycles. The topological polar surface area (TPSA) is 29.3 Å². The fourth-order valence-corrected chi connectivity index (χ4v) is 3.16. The van der Waals surface area contributed by atoms with E-state index in [2.05, 4.69) is 49.1 Å². The number of hydrogen-bond acceptors (Lipinski definition) is 2. The monoisotopic (exact) mass is 260 g/mol. The second kappa shape index (κ2) is 7.06. The predicted molar refractivity (Wildman–Crippen MR) is 82.2 cm³/mol. The zero-order chi connectivity index (χ0) is 13.7. The average Bonchev–Trinajstić information content (AvgIpc) is 2.46. The normalized spacial score (nSPS) is 19.8. The lowest BCUT2D eigenvalue weighted by molar-refractivity contribution is 0.151. The standard InChI is InChI=1S/C17H28N2/c1-14(2)15-8-10-19(11-9-15)13-17(12-18)16-6-4-3-5-7-16/h3-7,14-15,17H,8-13,18H2,1-2H3. The molecule has 0 aromatic heterocycles. The molecule has 2 heteroatoms. The Morgan fingerprint density at radius 1 is 1.16 bits per heavy atom. The van der Waals surface area contributed by atoms with Crippen LogP contribution in [0.4, 0.5) is 0 Å². The highest BCUT2D eigenvalue weighted by Gasteiger charge is 2.23. The third-order valence-electron chi connectivity index (χ3n) is 4.61. The predicted octanol–water partition coefficient (Wildman–Crippen LogP) is 3.10. The molecule has 2 N–H and O–H groups in total. The zero-order valence-electron chi connectivity index (χ0n) is 12.4. The van der Waals surface area contributed by atoms with E-state index in [1.807, 2.05) is 0 Å². The van der Waals surface area contributed by atoms with Crippen LogP contribution in [-0.2, 0) is 0 Å². The number of hydrogen-bond donors (Lipinski definition) is 1. The smallest absolute Gasteiger partial charge is 0.00888 e. The number of benzene rings is 1. The van der Waals surface area contributed by atoms with Gasteiger partial charge in [-0.1, -0.05) is 44.2 Å². The number of piperidine rings is 1. The Labute approximate surface area is 118 Å². The molecule has 1 heterocycles. The molecule has 0 bridgehead atoms. The molecule has 2 nitrogen and oxygen atoms in total. The maximum atomic E-state index is 5.97. The van der Waals surface area contributed by atoms with Crippen molar-refractivity contribution in [3.8, 4) is 0 Å². The van der Waals surface area contributed by atoms with E-state index < -0.39 is 0 Å². The summed E-state index contributed by atoms with van der Waals surface area (Å²) >= 11 is 0. The first-order valence-electron chi connectivity index (χ1n) is 7.68. The van der Waals surface area contributed by atoms with Crippen molar-refractivity contribution >= 4 is 0 Å². The van der Waals surface area contributed by atoms with E-state index in [0.717, 1.165) is 24.9 Å². The molecule has 0 saturated carbocycles. The van der Waals surface area contributed by atoms with Gasteiger partial charge in [0.2, 0.25) is 0 Å². The summed E-state index contributed by atoms with van der Waals surface area (Å²) in [5, 5.41) is 0. The van der Waals surface area contributed by atoms with Crippen LogP contribution in [0.3, 0.4) is 0 Å². The lowest BCUT2D eigenvalue weighted by Crippen LogP contribution is -2.39. The van der Waals surface area contributed by atoms with E-state index >= 15 is 0 Å². The summed E-state index contributed by atoms with van der Waals surface area (Å²) in [6.07, 6.45) is 2.70. The van der Waals surface area contributed by atoms with Crippen LogP contribution < -0.4 is 5.73 Å². The van der Waals surface area contributed by atoms with Gasteiger partial charge < -0.3 is 10.6 Å². The largest absolute Gasteiger partial charge is 0.330 e. The summed E-state index contributed by atoms with van der Waals surface area (Å²) in [5.41, 5.74) is 7.36. The fourth-order valence-electron chi connectivity index (χ4n) is 3.16. The number of likely N-dealkylation sites (tertiary alicyclic amines) is 1. The summed E-state index contributed by atoms with van der Waals surface area (Å²) in [5.74, 6) is 2.24. The van der Waals surface area contributed by atoms with Crippen LogP contribution in [0, 0.1) is 11.8 Å². The maximum Gasteiger partial charge on any atom is 0.00888 e. The fraction of sp³-hybridized carbons (Fsp3) is 0.647. The van der Waals surface area contributed by atoms with Crippen LogP contribution in [0.25, 0.3) is 0 Å². The molecule has 0 aliphatic carbocycles. The van der Waals surface area contributed by atoms with Gasteiger partial charge in [0.25, 0.3) is 0 Å². The van der Waals surface area contributed by atoms with Gasteiger partial charge in [0.15, 0.2) is 0 Å². The molecule has 1 atom stereocenters. The van der Waals surface area contributed by atoms with E-state index in [1.54, 1.807) is 0 Å². The third-order valence-corrected chi connectivity index (χ3v) is 4.61. The van der Waals surface area contributed by atoms with Crippen molar-refractivity contribution in [1.29, 1.82) is 0 Å². The summed E-state index contributed by atoms with van der Waals surface area (Å²) in [4.78, 5) is 2.60. The average molecular weight is 260 g/mol. The molecule has 2 rings (SSSR count). The zero-order valence-corrected chi connectivity index (χ0v) is 12.4. The van der Waals surface area contributed by atoms with Crippen LogP contribution in [-0.4, -0.2) is 31.1 Å². The van der Waals surface area contributed by atoms with Gasteiger partial charge in [-0.3, -0.25) is 0 Å². The van der Waals surface area contributed by atoms with Crippen LogP contribution in [0.2, 0.25) is 0 Å². The molecule has 1 aliphatic rings. The first-order valence-corrected chi connectivity index (χ1v) is 7.68. The number of nitrogens with zero attached hydrogens (tertiary/aromatic N) is 1. The minimum absolute atomic E-state index is 0.483. The highest BCUT2D eigenvalue weighted by molar-refractivity contribution is 5.20. The van der Waals surface area contributed by atoms with Gasteiger partial charge in [0.1, 0.15) is 0 Å². The molecule has 1 fully saturated rings. The molecule has 106 valence electrons. The highest BCUT2D eigenvalue weighted by atomic mass is 15.1. The molecule has 0 radical (unpaired) electrons. The van der Waals surface area contributed by atoms with Crippen LogP contribution in [0.1, 0.15) is 38.2 Å². The second-order valence-electron chi connectivity index (χ2n) is 6.23. The highest BCUT2D eigenvalue weighted by Crippen LogP contribution is 2.26. The first-order chi connectivity index (χ1) is 9.20. The van der Waals surface area contributed by atoms with E-state index in [1.165, 1.54) is 31.5 Å². The lowest BCUT2D eigenvalue weighted by Gasteiger charge is -2.35. The van der Waals surface area contributed by atoms with E-state index in [-0.39, 0.29) is 0 Å². The van der Waals surface area contributed by atoms with Crippen molar-refractivity contribution in [2.45, 2.75) is 32.6 Å². The Morgan fingerprint density at radius 2 is 1.79 bits per heavy atom. The van der Waals surface area contributed by atoms with Crippen molar-refractivity contribution in [3.05, 3.63) is 35.9 Å². The molecule has 1 aromatic rings. The summed E-state index contributed by atoms with van der Waals surface area (Å²) < 4.78 is 0. The van der Waals surface area contributed by atoms with Gasteiger partial charge in [0, 0.05) is 19.0 Å². The summed E-state index contributed by atoms with van der Waals surface area (Å²) in [7, 11) is 0. The molecule has 1 saturated heterocycles. The molecular weight excluding hydrogens is 232 g/mol. The van der Waals surface area contributed by atoms with E-state index in [0.29, 0.717) is 5.92 Å². The Kier molecular flexibility index (Phi) is 5.41. The first kappa shape index (κ1) is 14.5. The number of nitrogens with two attached hydrogens (primary N) is 1. The molecule has 1 aromatic carbocycles. The van der Waals surface area contributed by atoms with Gasteiger partial charge in [-0.05, 0) is 43.3 Å². The van der Waals surface area contributed by atoms with Crippen molar-refractivity contribution in [3.63, 3.8) is 0 Å². The third kappa shape index (κ3) is 4.05. The molecule has 0 amide bonds. The second-order valence-corrected chi connectivity index (χ2v) is 6.23. The van der Waals surface area contributed by atoms with Gasteiger partial charge in [-0.25, -0.2) is 0 Å². The van der Waals surface area contributed by atoms with Crippen LogP contribution in [0.15, 0.2) is 30.3 Å². The summed E-state index contributed by atoms with van der Waals surface area (Å²) in [6, 6.07) is 10.7. The Bertz CT molecular complexity index is 353. The van der Waals surface area contributed by atoms with E-state index in [4.69, 9.17) is 5.73 Å². The Hall–Kier alpha value is -0.860. The van der Waals surface area contributed by atoms with Crippen molar-refractivity contribution in [2.24, 2.45) is 17.6 Å². The SMILES string of the molecule is CC(C)C1CCN(CC(CN)c2ccccc2)CC1. The minimum Gasteiger partial charge on any atom is -0.330 e. The van der Waals surface area contributed by atoms with Crippen molar-refractivity contribution in [2.75, 3.05) is 26.2 Å². The minimum atomic E-state index is 0.483. The van der Waals surface area contributed by atoms with Crippen LogP contribution in [0.5, 0.6) is 0 Å².